The van der Waals surface area contributed by atoms with E-state index in [0.29, 0.717) is 19.3 Å². The normalized spacial score (nSPS) is 14.1. The molecule has 4 atom stereocenters. The van der Waals surface area contributed by atoms with Gasteiger partial charge in [0, 0.05) is 0 Å². The lowest BCUT2D eigenvalue weighted by Gasteiger charge is -2.27. The average Bonchev–Trinajstić information content (AvgIpc) is 3.22. The number of carbonyl (C=O) groups excluding carboxylic acids is 1. The van der Waals surface area contributed by atoms with E-state index in [-0.39, 0.29) is 0 Å². The van der Waals surface area contributed by atoms with Gasteiger partial charge in [0.15, 0.2) is 0 Å². The van der Waals surface area contributed by atoms with Crippen LogP contribution in [0.2, 0.25) is 0 Å². The van der Waals surface area contributed by atoms with Crippen LogP contribution in [-0.2, 0) is 4.79 Å². The Balaban J connectivity index is 3.61. The zero-order valence-electron chi connectivity index (χ0n) is 38.1. The number of unbranched alkanes of at least 4 members (excludes halogenated alkanes) is 33. The molecule has 0 aromatic carbocycles. The molecule has 0 fully saturated rings. The fourth-order valence-corrected chi connectivity index (χ4v) is 7.89. The third kappa shape index (κ3) is 40.0. The summed E-state index contributed by atoms with van der Waals surface area (Å²) in [5, 5.41) is 43.7. The van der Waals surface area contributed by atoms with E-state index in [4.69, 9.17) is 0 Å². The standard InChI is InChI=1S/C51H99NO5/c1-3-5-7-9-11-13-15-17-18-19-20-21-22-23-24-25-26-27-28-29-30-31-33-35-37-39-41-43-45-49(55)51(57)52-47(46-53)50(56)48(54)44-42-40-38-36-34-32-16-14-12-10-8-6-4-2/h14,16,36,38,47-50,53-56H,3-13,15,17-35,37,39-46H2,1-2H3,(H,52,57)/b16-14+,38-36+. The summed E-state index contributed by atoms with van der Waals surface area (Å²) in [5.74, 6) is -0.594. The molecule has 0 spiro atoms. The van der Waals surface area contributed by atoms with Gasteiger partial charge in [-0.05, 0) is 51.4 Å². The second-order valence-electron chi connectivity index (χ2n) is 17.5. The molecule has 0 saturated carbocycles. The lowest BCUT2D eigenvalue weighted by molar-refractivity contribution is -0.132. The Morgan fingerprint density at radius 3 is 1.11 bits per heavy atom. The van der Waals surface area contributed by atoms with E-state index in [2.05, 4.69) is 43.5 Å². The van der Waals surface area contributed by atoms with E-state index >= 15 is 0 Å². The minimum absolute atomic E-state index is 0.364. The van der Waals surface area contributed by atoms with Crippen LogP contribution in [0.1, 0.15) is 264 Å². The fraction of sp³-hybridized carbons (Fsp3) is 0.902. The van der Waals surface area contributed by atoms with E-state index < -0.39 is 36.9 Å². The zero-order valence-corrected chi connectivity index (χ0v) is 38.1. The van der Waals surface area contributed by atoms with Gasteiger partial charge in [0.05, 0.1) is 18.8 Å². The molecule has 1 amide bonds. The summed E-state index contributed by atoms with van der Waals surface area (Å²) in [6, 6.07) is -1.00. The molecule has 0 saturated heterocycles. The van der Waals surface area contributed by atoms with Crippen LogP contribution in [-0.4, -0.2) is 57.3 Å². The van der Waals surface area contributed by atoms with Gasteiger partial charge in [-0.25, -0.2) is 0 Å². The highest BCUT2D eigenvalue weighted by molar-refractivity contribution is 5.80. The molecular weight excluding hydrogens is 707 g/mol. The topological polar surface area (TPSA) is 110 Å². The van der Waals surface area contributed by atoms with Crippen molar-refractivity contribution in [2.45, 2.75) is 289 Å². The molecule has 6 nitrogen and oxygen atoms in total. The Labute approximate surface area is 354 Å². The molecule has 0 rings (SSSR count). The number of amides is 1. The van der Waals surface area contributed by atoms with Crippen molar-refractivity contribution in [1.29, 1.82) is 0 Å². The van der Waals surface area contributed by atoms with Crippen LogP contribution in [0.4, 0.5) is 0 Å². The van der Waals surface area contributed by atoms with Gasteiger partial charge in [-0.15, -0.1) is 0 Å². The highest BCUT2D eigenvalue weighted by atomic mass is 16.3. The van der Waals surface area contributed by atoms with Gasteiger partial charge < -0.3 is 25.7 Å². The number of aliphatic hydroxyl groups is 4. The van der Waals surface area contributed by atoms with Crippen molar-refractivity contribution in [3.63, 3.8) is 0 Å². The van der Waals surface area contributed by atoms with Crippen LogP contribution in [0.25, 0.3) is 0 Å². The summed E-state index contributed by atoms with van der Waals surface area (Å²) < 4.78 is 0. The van der Waals surface area contributed by atoms with E-state index in [9.17, 15) is 25.2 Å². The zero-order chi connectivity index (χ0) is 41.7. The molecule has 0 aliphatic carbocycles. The first-order valence-corrected chi connectivity index (χ1v) is 25.2. The van der Waals surface area contributed by atoms with Crippen molar-refractivity contribution in [3.05, 3.63) is 24.3 Å². The summed E-state index contributed by atoms with van der Waals surface area (Å²) in [6.45, 7) is 4.03. The average molecular weight is 806 g/mol. The quantitative estimate of drug-likeness (QED) is 0.0311. The molecule has 0 heterocycles. The molecule has 5 N–H and O–H groups in total. The second kappa shape index (κ2) is 45.9. The first-order valence-electron chi connectivity index (χ1n) is 25.2. The second-order valence-corrected chi connectivity index (χ2v) is 17.5. The molecular formula is C51H99NO5. The number of aliphatic hydroxyl groups excluding tert-OH is 4. The lowest BCUT2D eigenvalue weighted by Crippen LogP contribution is -2.53. The molecule has 6 heteroatoms. The molecule has 57 heavy (non-hydrogen) atoms. The Bertz CT molecular complexity index is 863. The van der Waals surface area contributed by atoms with Crippen LogP contribution in [0.3, 0.4) is 0 Å². The van der Waals surface area contributed by atoms with Crippen molar-refractivity contribution in [2.75, 3.05) is 6.61 Å². The third-order valence-electron chi connectivity index (χ3n) is 11.9. The van der Waals surface area contributed by atoms with Crippen LogP contribution >= 0.6 is 0 Å². The summed E-state index contributed by atoms with van der Waals surface area (Å²) >= 11 is 0. The van der Waals surface area contributed by atoms with Crippen molar-refractivity contribution < 1.29 is 25.2 Å². The van der Waals surface area contributed by atoms with Crippen molar-refractivity contribution in [1.82, 2.24) is 5.32 Å². The van der Waals surface area contributed by atoms with Crippen molar-refractivity contribution in [2.24, 2.45) is 0 Å². The van der Waals surface area contributed by atoms with Gasteiger partial charge in [0.25, 0.3) is 0 Å². The number of allylic oxidation sites excluding steroid dienone is 4. The predicted octanol–water partition coefficient (Wildman–Crippen LogP) is 13.9. The number of rotatable bonds is 46. The molecule has 4 unspecified atom stereocenters. The Morgan fingerprint density at radius 2 is 0.737 bits per heavy atom. The minimum Gasteiger partial charge on any atom is -0.394 e. The smallest absolute Gasteiger partial charge is 0.249 e. The SMILES string of the molecule is CCCCCC/C=C/CC/C=C/CCCC(O)C(O)C(CO)NC(=O)C(O)CCCCCCCCCCCCCCCCCCCCCCCCCCCCCC. The maximum Gasteiger partial charge on any atom is 0.249 e. The third-order valence-corrected chi connectivity index (χ3v) is 11.9. The maximum absolute atomic E-state index is 12.5. The van der Waals surface area contributed by atoms with Crippen LogP contribution in [0, 0.1) is 0 Å². The minimum atomic E-state index is -1.29. The van der Waals surface area contributed by atoms with E-state index in [1.807, 2.05) is 0 Å². The number of hydrogen-bond acceptors (Lipinski definition) is 5. The van der Waals surface area contributed by atoms with E-state index in [0.717, 1.165) is 44.9 Å². The lowest BCUT2D eigenvalue weighted by atomic mass is 10.00. The van der Waals surface area contributed by atoms with Gasteiger partial charge in [0.1, 0.15) is 12.2 Å². The van der Waals surface area contributed by atoms with E-state index in [1.54, 1.807) is 0 Å². The summed E-state index contributed by atoms with van der Waals surface area (Å²) in [5.41, 5.74) is 0. The van der Waals surface area contributed by atoms with Crippen molar-refractivity contribution >= 4 is 5.91 Å². The molecule has 0 radical (unpaired) electrons. The van der Waals surface area contributed by atoms with Gasteiger partial charge in [0.2, 0.25) is 5.91 Å². The Kier molecular flexibility index (Phi) is 44.9. The Morgan fingerprint density at radius 1 is 0.421 bits per heavy atom. The van der Waals surface area contributed by atoms with Gasteiger partial charge in [-0.2, -0.15) is 0 Å². The molecule has 0 aliphatic heterocycles. The van der Waals surface area contributed by atoms with Gasteiger partial charge in [-0.3, -0.25) is 4.79 Å². The number of nitrogens with one attached hydrogen (secondary N) is 1. The van der Waals surface area contributed by atoms with Crippen molar-refractivity contribution in [3.8, 4) is 0 Å². The molecule has 0 bridgehead atoms. The van der Waals surface area contributed by atoms with E-state index in [1.165, 1.54) is 186 Å². The van der Waals surface area contributed by atoms with Crippen LogP contribution < -0.4 is 5.32 Å². The summed E-state index contributed by atoms with van der Waals surface area (Å²) in [7, 11) is 0. The fourth-order valence-electron chi connectivity index (χ4n) is 7.89. The highest BCUT2D eigenvalue weighted by Gasteiger charge is 2.28. The molecule has 0 aliphatic rings. The Hall–Kier alpha value is -1.21. The van der Waals surface area contributed by atoms with Crippen LogP contribution in [0.5, 0.6) is 0 Å². The summed E-state index contributed by atoms with van der Waals surface area (Å²) in [6.07, 6.45) is 53.9. The first-order chi connectivity index (χ1) is 28.0. The summed E-state index contributed by atoms with van der Waals surface area (Å²) in [4.78, 5) is 12.5. The monoisotopic (exact) mass is 806 g/mol. The first kappa shape index (κ1) is 55.8. The largest absolute Gasteiger partial charge is 0.394 e. The predicted molar refractivity (Wildman–Crippen MR) is 247 cm³/mol. The number of carbonyl (C=O) groups is 1. The molecule has 338 valence electrons. The van der Waals surface area contributed by atoms with Gasteiger partial charge >= 0.3 is 0 Å². The number of hydrogen-bond donors (Lipinski definition) is 5. The maximum atomic E-state index is 12.5. The van der Waals surface area contributed by atoms with Crippen LogP contribution in [0.15, 0.2) is 24.3 Å². The molecule has 0 aromatic heterocycles. The molecule has 0 aromatic rings. The van der Waals surface area contributed by atoms with Gasteiger partial charge in [-0.1, -0.05) is 237 Å². The highest BCUT2D eigenvalue weighted by Crippen LogP contribution is 2.17.